The average molecular weight is 964 g/mol. The molecule has 2 saturated heterocycles. The number of benzene rings is 3. The van der Waals surface area contributed by atoms with E-state index in [1.165, 1.54) is 62.6 Å². The van der Waals surface area contributed by atoms with E-state index in [1.54, 1.807) is 37.1 Å². The molecule has 15 nitrogen and oxygen atoms in total. The first-order valence-electron chi connectivity index (χ1n) is 24.6. The Kier molecular flexibility index (Phi) is 12.4. The summed E-state index contributed by atoms with van der Waals surface area (Å²) in [5.41, 5.74) is 3.44. The van der Waals surface area contributed by atoms with Gasteiger partial charge in [0.25, 0.3) is 27.5 Å². The third-order valence-electron chi connectivity index (χ3n) is 16.0. The van der Waals surface area contributed by atoms with E-state index in [2.05, 4.69) is 61.0 Å². The molecule has 69 heavy (non-hydrogen) atoms. The number of nitro groups is 1. The van der Waals surface area contributed by atoms with E-state index in [0.29, 0.717) is 36.8 Å². The van der Waals surface area contributed by atoms with Gasteiger partial charge < -0.3 is 29.8 Å². The molecule has 1 amide bonds. The van der Waals surface area contributed by atoms with Crippen LogP contribution in [0.25, 0.3) is 11.0 Å². The number of nitro benzene ring substituents is 1. The van der Waals surface area contributed by atoms with Gasteiger partial charge in [-0.2, -0.15) is 4.98 Å². The topological polar surface area (TPSA) is 192 Å². The lowest BCUT2D eigenvalue weighted by atomic mass is 9.70. The molecule has 5 aliphatic rings. The Labute approximate surface area is 402 Å². The van der Waals surface area contributed by atoms with Crippen molar-refractivity contribution in [3.63, 3.8) is 0 Å². The molecule has 5 fully saturated rings. The van der Waals surface area contributed by atoms with Crippen LogP contribution in [0.5, 0.6) is 17.4 Å². The molecule has 1 spiro atoms. The number of anilines is 2. The minimum atomic E-state index is -4.66. The number of nitrogens with zero attached hydrogens (tertiary/aromatic N) is 4. The van der Waals surface area contributed by atoms with E-state index in [-0.39, 0.29) is 57.6 Å². The molecule has 4 heterocycles. The van der Waals surface area contributed by atoms with Crippen molar-refractivity contribution in [1.82, 2.24) is 19.6 Å². The summed E-state index contributed by atoms with van der Waals surface area (Å²) in [7, 11) is -4.66. The van der Waals surface area contributed by atoms with E-state index in [1.807, 2.05) is 0 Å². The van der Waals surface area contributed by atoms with Crippen molar-refractivity contribution in [2.75, 3.05) is 49.5 Å². The number of halogens is 1. The number of sulfonamides is 1. The van der Waals surface area contributed by atoms with Gasteiger partial charge in [0.1, 0.15) is 22.9 Å². The average Bonchev–Trinajstić information content (AvgIpc) is 3.70. The Morgan fingerprint density at radius 3 is 2.45 bits per heavy atom. The van der Waals surface area contributed by atoms with Crippen LogP contribution in [0.1, 0.15) is 119 Å². The number of hydrogen-bond acceptors (Lipinski definition) is 12. The predicted octanol–water partition coefficient (Wildman–Crippen LogP) is 9.56. The van der Waals surface area contributed by atoms with Gasteiger partial charge in [0.2, 0.25) is 0 Å². The molecule has 10 rings (SSSR count). The second-order valence-corrected chi connectivity index (χ2v) is 22.6. The van der Waals surface area contributed by atoms with Gasteiger partial charge in [-0.05, 0) is 136 Å². The number of H-pyrrole nitrogens is 1. The van der Waals surface area contributed by atoms with Gasteiger partial charge in [-0.15, -0.1) is 0 Å². The van der Waals surface area contributed by atoms with Crippen LogP contribution in [0.4, 0.5) is 21.5 Å². The SMILES string of the molecule is CCOc1nc2[nH]cc(F)c2cc1Oc1cc(N2CCC3(CC2)CN([C@H]2CCC[C@H]2c2ccccc2C2(C)CC2)C3)ccc1C(=O)NS(=O)(=O)c1ccc(NC[C@H]2CC[C@](C)(O)CC2)c([N+](=O)[O-])c1. The second-order valence-electron chi connectivity index (χ2n) is 20.9. The van der Waals surface area contributed by atoms with Crippen LogP contribution in [0.2, 0.25) is 0 Å². The van der Waals surface area contributed by atoms with E-state index in [9.17, 15) is 32.8 Å². The Bertz CT molecular complexity index is 2880. The second kappa shape index (κ2) is 18.2. The van der Waals surface area contributed by atoms with Crippen molar-refractivity contribution in [3.05, 3.63) is 106 Å². The minimum Gasteiger partial charge on any atom is -0.475 e. The van der Waals surface area contributed by atoms with Crippen molar-refractivity contribution in [1.29, 1.82) is 0 Å². The number of ether oxygens (including phenoxy) is 2. The maximum absolute atomic E-state index is 14.9. The van der Waals surface area contributed by atoms with Crippen LogP contribution in [-0.2, 0) is 15.4 Å². The first-order valence-corrected chi connectivity index (χ1v) is 26.0. The number of likely N-dealkylation sites (tertiary alicyclic amines) is 1. The number of aromatic nitrogens is 2. The van der Waals surface area contributed by atoms with Crippen LogP contribution < -0.4 is 24.4 Å². The van der Waals surface area contributed by atoms with Crippen molar-refractivity contribution >= 4 is 44.0 Å². The van der Waals surface area contributed by atoms with Crippen molar-refractivity contribution in [2.24, 2.45) is 11.3 Å². The molecule has 2 atom stereocenters. The number of pyridine rings is 1. The van der Waals surface area contributed by atoms with Gasteiger partial charge in [-0.1, -0.05) is 37.6 Å². The molecule has 366 valence electrons. The highest BCUT2D eigenvalue weighted by Crippen LogP contribution is 2.54. The third-order valence-corrected chi connectivity index (χ3v) is 17.3. The lowest BCUT2D eigenvalue weighted by molar-refractivity contribution is -0.384. The maximum atomic E-state index is 14.9. The lowest BCUT2D eigenvalue weighted by Crippen LogP contribution is -2.63. The molecule has 2 aromatic heterocycles. The number of rotatable bonds is 15. The van der Waals surface area contributed by atoms with Crippen LogP contribution in [-0.4, -0.2) is 90.2 Å². The van der Waals surface area contributed by atoms with Crippen molar-refractivity contribution in [3.8, 4) is 17.4 Å². The van der Waals surface area contributed by atoms with Gasteiger partial charge in [0.05, 0.1) is 33.0 Å². The zero-order chi connectivity index (χ0) is 48.3. The van der Waals surface area contributed by atoms with Crippen LogP contribution >= 0.6 is 0 Å². The largest absolute Gasteiger partial charge is 0.475 e. The Hall–Kier alpha value is -5.78. The van der Waals surface area contributed by atoms with Crippen molar-refractivity contribution in [2.45, 2.75) is 119 Å². The van der Waals surface area contributed by atoms with Gasteiger partial charge in [-0.25, -0.2) is 17.5 Å². The first-order chi connectivity index (χ1) is 33.0. The summed E-state index contributed by atoms with van der Waals surface area (Å²) in [6, 6.07) is 19.5. The normalized spacial score (nSPS) is 24.2. The molecule has 3 saturated carbocycles. The number of fused-ring (bicyclic) bond motifs is 1. The number of aliphatic hydroxyl groups is 1. The molecule has 2 aliphatic heterocycles. The third kappa shape index (κ3) is 9.49. The number of carbonyl (C=O) groups excluding carboxylic acids is 1. The quantitative estimate of drug-likeness (QED) is 0.0575. The number of amides is 1. The highest BCUT2D eigenvalue weighted by atomic mass is 32.2. The van der Waals surface area contributed by atoms with E-state index >= 15 is 0 Å². The maximum Gasteiger partial charge on any atom is 0.293 e. The number of nitrogens with one attached hydrogen (secondary N) is 3. The smallest absolute Gasteiger partial charge is 0.293 e. The summed E-state index contributed by atoms with van der Waals surface area (Å²) in [4.78, 5) is 37.4. The Balaban J connectivity index is 0.868. The van der Waals surface area contributed by atoms with E-state index < -0.39 is 42.9 Å². The molecule has 17 heteroatoms. The summed E-state index contributed by atoms with van der Waals surface area (Å²) >= 11 is 0. The highest BCUT2D eigenvalue weighted by molar-refractivity contribution is 7.90. The fourth-order valence-electron chi connectivity index (χ4n) is 11.5. The Morgan fingerprint density at radius 2 is 1.72 bits per heavy atom. The molecule has 3 aromatic carbocycles. The van der Waals surface area contributed by atoms with Crippen LogP contribution in [0.3, 0.4) is 0 Å². The molecule has 4 N–H and O–H groups in total. The number of hydrogen-bond donors (Lipinski definition) is 4. The highest BCUT2D eigenvalue weighted by Gasteiger charge is 2.50. The van der Waals surface area contributed by atoms with Crippen molar-refractivity contribution < 1.29 is 37.1 Å². The summed E-state index contributed by atoms with van der Waals surface area (Å²) in [5, 5.41) is 25.8. The zero-order valence-corrected chi connectivity index (χ0v) is 40.4. The fourth-order valence-corrected chi connectivity index (χ4v) is 12.5. The first kappa shape index (κ1) is 46.9. The lowest BCUT2D eigenvalue weighted by Gasteiger charge is -2.57. The predicted molar refractivity (Wildman–Crippen MR) is 261 cm³/mol. The molecular weight excluding hydrogens is 902 g/mol. The van der Waals surface area contributed by atoms with Gasteiger partial charge >= 0.3 is 0 Å². The molecule has 0 radical (unpaired) electrons. The molecule has 3 aliphatic carbocycles. The van der Waals surface area contributed by atoms with Gasteiger partial charge in [-0.3, -0.25) is 19.8 Å². The number of carbonyl (C=O) groups is 1. The Morgan fingerprint density at radius 1 is 0.971 bits per heavy atom. The number of piperidine rings is 1. The zero-order valence-electron chi connectivity index (χ0n) is 39.6. The molecule has 5 aromatic rings. The van der Waals surface area contributed by atoms with Gasteiger partial charge in [0, 0.05) is 68.8 Å². The fraction of sp³-hybridized carbons (Fsp3) is 0.500. The molecular formula is C52H62FN7O8S. The molecule has 0 bridgehead atoms. The summed E-state index contributed by atoms with van der Waals surface area (Å²) in [6.45, 7) is 10.3. The number of aromatic amines is 1. The summed E-state index contributed by atoms with van der Waals surface area (Å²) in [6.07, 6.45) is 12.1. The standard InChI is InChI=1S/C52H62FN7O8S/c1-4-67-49-46(28-39-41(53)30-55-47(39)56-49)68-45-26-34(58-24-22-52(23-25-58)31-59(32-52)43-11-7-9-37(43)36-8-5-6-10-40(36)50(2)20-21-50)12-14-38(45)48(61)57-69(65,66)35-13-15-42(44(27-35)60(63)64)54-29-33-16-18-51(3,62)19-17-33/h5-6,8,10,12-15,26-28,30,33,37,43,54,62H,4,7,9,11,16-25,29,31-32H2,1-3H3,(H,55,56)(H,57,61)/t33-,37-,43-,51-/m0/s1. The van der Waals surface area contributed by atoms with Crippen LogP contribution in [0.15, 0.2) is 77.8 Å². The van der Waals surface area contributed by atoms with Gasteiger partial charge in [0.15, 0.2) is 5.75 Å². The summed E-state index contributed by atoms with van der Waals surface area (Å²) < 4.78 is 56.9. The molecule has 0 unspecified atom stereocenters. The minimum absolute atomic E-state index is 0.0143. The monoisotopic (exact) mass is 963 g/mol. The summed E-state index contributed by atoms with van der Waals surface area (Å²) in [5.74, 6) is -0.834. The van der Waals surface area contributed by atoms with E-state index in [0.717, 1.165) is 63.6 Å². The van der Waals surface area contributed by atoms with Crippen LogP contribution in [0, 0.1) is 27.3 Å². The van der Waals surface area contributed by atoms with E-state index in [4.69, 9.17) is 9.47 Å².